The van der Waals surface area contributed by atoms with Crippen molar-refractivity contribution in [1.82, 2.24) is 14.6 Å². The Balaban J connectivity index is 1.39. The van der Waals surface area contributed by atoms with Crippen molar-refractivity contribution >= 4 is 13.7 Å². The molecule has 0 saturated carbocycles. The van der Waals surface area contributed by atoms with E-state index in [0.717, 1.165) is 5.56 Å². The summed E-state index contributed by atoms with van der Waals surface area (Å²) in [5, 5.41) is 2.62. The SMILES string of the molecule is C[C@H](NP(=O)(OC[C@@H]1C=C[C@H](n2ccc(=O)[nH]c2=O)O1)Oc1ccccc1)C(=O)OCc1ccccc1. The largest absolute Gasteiger partial charge is 0.460 e. The molecule has 11 nitrogen and oxygen atoms in total. The van der Waals surface area contributed by atoms with Gasteiger partial charge in [0.05, 0.1) is 6.61 Å². The van der Waals surface area contributed by atoms with E-state index in [1.54, 1.807) is 42.5 Å². The number of para-hydroxylation sites is 1. The number of aromatic nitrogens is 2. The van der Waals surface area contributed by atoms with Crippen LogP contribution < -0.4 is 20.9 Å². The molecule has 0 fully saturated rings. The van der Waals surface area contributed by atoms with Gasteiger partial charge in [0.1, 0.15) is 24.5 Å². The third-order valence-corrected chi connectivity index (χ3v) is 6.88. The number of carbonyl (C=O) groups is 1. The molecule has 194 valence electrons. The van der Waals surface area contributed by atoms with Gasteiger partial charge in [-0.15, -0.1) is 0 Å². The van der Waals surface area contributed by atoms with E-state index in [2.05, 4.69) is 10.1 Å². The molecule has 0 spiro atoms. The quantitative estimate of drug-likeness (QED) is 0.219. The van der Waals surface area contributed by atoms with Gasteiger partial charge >= 0.3 is 19.4 Å². The molecule has 2 heterocycles. The van der Waals surface area contributed by atoms with Gasteiger partial charge in [0, 0.05) is 12.3 Å². The first-order chi connectivity index (χ1) is 17.8. The fraction of sp³-hybridized carbons (Fsp3) is 0.240. The standard InChI is InChI=1S/C25H26N3O8P/c1-18(24(30)33-16-19-8-4-2-5-9-19)27-37(32,36-20-10-6-3-7-11-20)34-17-21-12-13-23(35-21)28-15-14-22(29)26-25(28)31/h2-15,18,21,23H,16-17H2,1H3,(H,27,32)(H,26,29,31)/t18-,21-,23+,37?/m0/s1. The number of rotatable bonds is 11. The smallest absolute Gasteiger partial charge is 0.459 e. The summed E-state index contributed by atoms with van der Waals surface area (Å²) in [5.74, 6) is -0.373. The Morgan fingerprint density at radius 1 is 1.08 bits per heavy atom. The van der Waals surface area contributed by atoms with Gasteiger partial charge in [0.15, 0.2) is 6.23 Å². The highest BCUT2D eigenvalue weighted by molar-refractivity contribution is 7.52. The molecule has 2 N–H and O–H groups in total. The maximum Gasteiger partial charge on any atom is 0.459 e. The van der Waals surface area contributed by atoms with E-state index in [4.69, 9.17) is 18.5 Å². The minimum atomic E-state index is -4.09. The lowest BCUT2D eigenvalue weighted by Gasteiger charge is -2.24. The molecule has 1 unspecified atom stereocenters. The molecule has 12 heteroatoms. The predicted octanol–water partition coefficient (Wildman–Crippen LogP) is 2.92. The molecule has 0 amide bonds. The zero-order valence-corrected chi connectivity index (χ0v) is 20.8. The van der Waals surface area contributed by atoms with Crippen molar-refractivity contribution < 1.29 is 27.9 Å². The Morgan fingerprint density at radius 3 is 2.49 bits per heavy atom. The Labute approximate surface area is 212 Å². The summed E-state index contributed by atoms with van der Waals surface area (Å²) < 4.78 is 37.2. The lowest BCUT2D eigenvalue weighted by molar-refractivity contribution is -0.146. The fourth-order valence-electron chi connectivity index (χ4n) is 3.39. The highest BCUT2D eigenvalue weighted by atomic mass is 31.2. The van der Waals surface area contributed by atoms with Crippen LogP contribution in [0.3, 0.4) is 0 Å². The van der Waals surface area contributed by atoms with E-state index in [1.165, 1.54) is 23.8 Å². The van der Waals surface area contributed by atoms with Crippen LogP contribution in [0.2, 0.25) is 0 Å². The van der Waals surface area contributed by atoms with Crippen molar-refractivity contribution in [2.75, 3.05) is 6.61 Å². The first-order valence-corrected chi connectivity index (χ1v) is 13.0. The van der Waals surface area contributed by atoms with E-state index < -0.39 is 43.3 Å². The number of ether oxygens (including phenoxy) is 2. The summed E-state index contributed by atoms with van der Waals surface area (Å²) in [6.45, 7) is 1.33. The number of hydrogen-bond acceptors (Lipinski definition) is 8. The lowest BCUT2D eigenvalue weighted by Crippen LogP contribution is -2.35. The fourth-order valence-corrected chi connectivity index (χ4v) is 4.90. The monoisotopic (exact) mass is 527 g/mol. The number of carbonyl (C=O) groups excluding carboxylic acids is 1. The van der Waals surface area contributed by atoms with Crippen LogP contribution in [0, 0.1) is 0 Å². The van der Waals surface area contributed by atoms with Crippen molar-refractivity contribution in [1.29, 1.82) is 0 Å². The van der Waals surface area contributed by atoms with E-state index in [1.807, 2.05) is 30.3 Å². The lowest BCUT2D eigenvalue weighted by atomic mass is 10.2. The Kier molecular flexibility index (Phi) is 8.52. The first-order valence-electron chi connectivity index (χ1n) is 11.4. The third kappa shape index (κ3) is 7.37. The van der Waals surface area contributed by atoms with Gasteiger partial charge in [-0.25, -0.2) is 9.36 Å². The molecule has 4 rings (SSSR count). The summed E-state index contributed by atoms with van der Waals surface area (Å²) in [4.78, 5) is 38.0. The minimum Gasteiger partial charge on any atom is -0.460 e. The second kappa shape index (κ2) is 12.0. The van der Waals surface area contributed by atoms with E-state index in [9.17, 15) is 18.9 Å². The number of nitrogens with zero attached hydrogens (tertiary/aromatic N) is 1. The molecule has 0 saturated heterocycles. The Morgan fingerprint density at radius 2 is 1.78 bits per heavy atom. The second-order valence-electron chi connectivity index (χ2n) is 8.11. The molecule has 0 aliphatic carbocycles. The van der Waals surface area contributed by atoms with Gasteiger partial charge in [0.2, 0.25) is 0 Å². The van der Waals surface area contributed by atoms with E-state index in [-0.39, 0.29) is 19.0 Å². The summed E-state index contributed by atoms with van der Waals surface area (Å²) in [5.41, 5.74) is -0.347. The first kappa shape index (κ1) is 26.3. The molecular weight excluding hydrogens is 501 g/mol. The van der Waals surface area contributed by atoms with Gasteiger partial charge in [-0.2, -0.15) is 5.09 Å². The zero-order chi connectivity index (χ0) is 26.3. The van der Waals surface area contributed by atoms with E-state index >= 15 is 0 Å². The van der Waals surface area contributed by atoms with Crippen LogP contribution in [0.4, 0.5) is 0 Å². The molecule has 4 atom stereocenters. The van der Waals surface area contributed by atoms with Crippen LogP contribution >= 0.6 is 7.75 Å². The maximum absolute atomic E-state index is 13.6. The van der Waals surface area contributed by atoms with Gasteiger partial charge < -0.3 is 14.0 Å². The van der Waals surface area contributed by atoms with Crippen LogP contribution in [0.5, 0.6) is 5.75 Å². The van der Waals surface area contributed by atoms with Gasteiger partial charge in [0.25, 0.3) is 5.56 Å². The molecule has 1 aliphatic rings. The van der Waals surface area contributed by atoms with Crippen LogP contribution in [-0.2, 0) is 30.0 Å². The minimum absolute atomic E-state index is 0.0581. The highest BCUT2D eigenvalue weighted by Gasteiger charge is 2.34. The van der Waals surface area contributed by atoms with Crippen molar-refractivity contribution in [2.45, 2.75) is 31.9 Å². The van der Waals surface area contributed by atoms with Gasteiger partial charge in [-0.3, -0.25) is 23.7 Å². The van der Waals surface area contributed by atoms with E-state index in [0.29, 0.717) is 0 Å². The van der Waals surface area contributed by atoms with Crippen LogP contribution in [0.25, 0.3) is 0 Å². The number of esters is 1. The molecule has 0 bridgehead atoms. The number of benzene rings is 2. The molecule has 37 heavy (non-hydrogen) atoms. The summed E-state index contributed by atoms with van der Waals surface area (Å²) >= 11 is 0. The second-order valence-corrected chi connectivity index (χ2v) is 9.80. The molecule has 1 aromatic heterocycles. The summed E-state index contributed by atoms with van der Waals surface area (Å²) in [7, 11) is -4.09. The van der Waals surface area contributed by atoms with Crippen molar-refractivity contribution in [3.05, 3.63) is 111 Å². The van der Waals surface area contributed by atoms with Crippen molar-refractivity contribution in [3.8, 4) is 5.75 Å². The molecule has 0 radical (unpaired) electrons. The predicted molar refractivity (Wildman–Crippen MR) is 134 cm³/mol. The number of H-pyrrole nitrogens is 1. The molecule has 1 aliphatic heterocycles. The van der Waals surface area contributed by atoms with Gasteiger partial charge in [-0.05, 0) is 30.7 Å². The summed E-state index contributed by atoms with van der Waals surface area (Å²) in [6, 6.07) is 17.7. The average Bonchev–Trinajstić information content (AvgIpc) is 3.36. The molecule has 2 aromatic carbocycles. The van der Waals surface area contributed by atoms with Crippen molar-refractivity contribution in [3.63, 3.8) is 0 Å². The Hall–Kier alpha value is -3.76. The van der Waals surface area contributed by atoms with Crippen LogP contribution in [0.1, 0.15) is 18.7 Å². The number of nitrogens with one attached hydrogen (secondary N) is 2. The van der Waals surface area contributed by atoms with Gasteiger partial charge in [-0.1, -0.05) is 54.6 Å². The zero-order valence-electron chi connectivity index (χ0n) is 19.9. The highest BCUT2D eigenvalue weighted by Crippen LogP contribution is 2.45. The summed E-state index contributed by atoms with van der Waals surface area (Å²) in [6.07, 6.45) is 3.08. The van der Waals surface area contributed by atoms with Crippen molar-refractivity contribution in [2.24, 2.45) is 0 Å². The topological polar surface area (TPSA) is 138 Å². The number of aromatic amines is 1. The van der Waals surface area contributed by atoms with Crippen LogP contribution in [-0.4, -0.2) is 34.3 Å². The maximum atomic E-state index is 13.6. The Bertz CT molecular complexity index is 1390. The average molecular weight is 527 g/mol. The van der Waals surface area contributed by atoms with Crippen LogP contribution in [0.15, 0.2) is 94.7 Å². The molecule has 3 aromatic rings. The molecular formula is C25H26N3O8P. The third-order valence-electron chi connectivity index (χ3n) is 5.24. The normalized spacial score (nSPS) is 19.2. The number of hydrogen-bond donors (Lipinski definition) is 2.